The largest absolute Gasteiger partial charge is 0.504 e. The number of carbonyl (C=O) groups is 5. The van der Waals surface area contributed by atoms with Crippen molar-refractivity contribution in [3.63, 3.8) is 0 Å². The van der Waals surface area contributed by atoms with E-state index >= 15 is 0 Å². The molecule has 1 aliphatic heterocycles. The molecule has 2 N–H and O–H groups in total. The first kappa shape index (κ1) is 25.3. The molecule has 1 saturated heterocycles. The van der Waals surface area contributed by atoms with Gasteiger partial charge in [-0.25, -0.2) is 0 Å². The first-order valence-corrected chi connectivity index (χ1v) is 11.7. The molecular formula is C26H32O9. The van der Waals surface area contributed by atoms with E-state index in [1.165, 1.54) is 20.8 Å². The number of aliphatic hydroxyl groups excluding tert-OH is 2. The number of allylic oxidation sites excluding steroid dienone is 1. The highest BCUT2D eigenvalue weighted by Crippen LogP contribution is 2.74. The second-order valence-electron chi connectivity index (χ2n) is 11.4. The van der Waals surface area contributed by atoms with Gasteiger partial charge in [-0.15, -0.1) is 0 Å². The summed E-state index contributed by atoms with van der Waals surface area (Å²) < 4.78 is 10.4. The molecule has 9 nitrogen and oxygen atoms in total. The summed E-state index contributed by atoms with van der Waals surface area (Å²) in [5, 5.41) is 22.7. The van der Waals surface area contributed by atoms with Crippen LogP contribution in [0.2, 0.25) is 0 Å². The van der Waals surface area contributed by atoms with Crippen LogP contribution in [0.5, 0.6) is 0 Å². The van der Waals surface area contributed by atoms with Gasteiger partial charge >= 0.3 is 11.9 Å². The molecule has 4 aliphatic rings. The molecule has 4 rings (SSSR count). The number of hydrogen-bond donors (Lipinski definition) is 2. The van der Waals surface area contributed by atoms with Gasteiger partial charge < -0.3 is 19.7 Å². The molecule has 0 bridgehead atoms. The summed E-state index contributed by atoms with van der Waals surface area (Å²) in [4.78, 5) is 68.3. The van der Waals surface area contributed by atoms with Crippen LogP contribution in [0.25, 0.3) is 0 Å². The van der Waals surface area contributed by atoms with Crippen LogP contribution in [0.1, 0.15) is 54.4 Å². The van der Waals surface area contributed by atoms with Crippen molar-refractivity contribution in [1.29, 1.82) is 0 Å². The van der Waals surface area contributed by atoms with Crippen molar-refractivity contribution in [2.45, 2.75) is 66.6 Å². The maximum absolute atomic E-state index is 14.2. The number of Topliss-reactive ketones (excluding diaryl/α,β-unsaturated/α-hetero) is 3. The number of aliphatic hydroxyl groups is 2. The number of carbonyl (C=O) groups excluding carboxylic acids is 5. The van der Waals surface area contributed by atoms with Crippen molar-refractivity contribution in [1.82, 2.24) is 0 Å². The van der Waals surface area contributed by atoms with Gasteiger partial charge in [-0.1, -0.05) is 26.0 Å². The Morgan fingerprint density at radius 3 is 2.20 bits per heavy atom. The zero-order valence-corrected chi connectivity index (χ0v) is 21.1. The molecule has 0 aromatic heterocycles. The van der Waals surface area contributed by atoms with Crippen LogP contribution in [0.3, 0.4) is 0 Å². The van der Waals surface area contributed by atoms with Crippen LogP contribution in [0.4, 0.5) is 0 Å². The lowest BCUT2D eigenvalue weighted by molar-refractivity contribution is -0.228. The molecule has 190 valence electrons. The van der Waals surface area contributed by atoms with Crippen molar-refractivity contribution in [2.24, 2.45) is 33.0 Å². The van der Waals surface area contributed by atoms with E-state index in [4.69, 9.17) is 9.47 Å². The van der Waals surface area contributed by atoms with Gasteiger partial charge in [0.1, 0.15) is 11.2 Å². The Balaban J connectivity index is 2.21. The average molecular weight is 489 g/mol. The Bertz CT molecular complexity index is 1160. The summed E-state index contributed by atoms with van der Waals surface area (Å²) in [5.41, 5.74) is -8.87. The maximum atomic E-state index is 14.2. The van der Waals surface area contributed by atoms with Crippen LogP contribution < -0.4 is 0 Å². The Morgan fingerprint density at radius 1 is 1.09 bits per heavy atom. The molecule has 1 heterocycles. The van der Waals surface area contributed by atoms with Crippen molar-refractivity contribution in [3.05, 3.63) is 23.5 Å². The number of hydrogen-bond acceptors (Lipinski definition) is 9. The van der Waals surface area contributed by atoms with Crippen LogP contribution >= 0.6 is 0 Å². The summed E-state index contributed by atoms with van der Waals surface area (Å²) in [6, 6.07) is 0. The van der Waals surface area contributed by atoms with Crippen LogP contribution in [-0.4, -0.2) is 58.8 Å². The number of fused-ring (bicyclic) bond motifs is 5. The van der Waals surface area contributed by atoms with Gasteiger partial charge in [-0.05, 0) is 45.6 Å². The molecule has 0 radical (unpaired) electrons. The van der Waals surface area contributed by atoms with Crippen LogP contribution in [-0.2, 0) is 33.4 Å². The molecule has 9 heteroatoms. The highest BCUT2D eigenvalue weighted by atomic mass is 16.6. The topological polar surface area (TPSA) is 144 Å². The first-order valence-electron chi connectivity index (χ1n) is 11.7. The van der Waals surface area contributed by atoms with E-state index in [1.54, 1.807) is 20.8 Å². The van der Waals surface area contributed by atoms with E-state index in [1.807, 2.05) is 0 Å². The van der Waals surface area contributed by atoms with E-state index in [-0.39, 0.29) is 29.8 Å². The minimum Gasteiger partial charge on any atom is -0.504 e. The minimum absolute atomic E-state index is 0.0388. The second kappa shape index (κ2) is 6.90. The van der Waals surface area contributed by atoms with Gasteiger partial charge in [-0.3, -0.25) is 24.0 Å². The van der Waals surface area contributed by atoms with Crippen molar-refractivity contribution < 1.29 is 43.7 Å². The standard InChI is InChI=1S/C26H32O9/c1-11-9-13-23(5)15(28)10-14(27)22(3,4)17(23)16(29)19(31)25(13,7)26(21(33)34-8)18(30)12(2)35-20(32)24(11,26)6/h12-13,15,28-29H,1,9-10H2,2-8H3/t12-,13+,15-,23+,24-,25+,26+/m1/s1. The average Bonchev–Trinajstić information content (AvgIpc) is 2.77. The van der Waals surface area contributed by atoms with E-state index in [0.717, 1.165) is 7.11 Å². The third-order valence-electron chi connectivity index (χ3n) is 9.89. The fraction of sp³-hybridized carbons (Fsp3) is 0.654. The predicted octanol–water partition coefficient (Wildman–Crippen LogP) is 2.01. The van der Waals surface area contributed by atoms with E-state index in [9.17, 15) is 34.2 Å². The van der Waals surface area contributed by atoms with E-state index in [0.29, 0.717) is 0 Å². The fourth-order valence-corrected chi connectivity index (χ4v) is 7.89. The van der Waals surface area contributed by atoms with E-state index < -0.39 is 74.5 Å². The summed E-state index contributed by atoms with van der Waals surface area (Å²) in [6.07, 6.45) is -2.99. The molecule has 0 aromatic carbocycles. The Kier molecular flexibility index (Phi) is 4.98. The van der Waals surface area contributed by atoms with Crippen LogP contribution in [0, 0.1) is 33.0 Å². The smallest absolute Gasteiger partial charge is 0.322 e. The number of cyclic esters (lactones) is 1. The lowest BCUT2D eigenvalue weighted by Crippen LogP contribution is -2.78. The summed E-state index contributed by atoms with van der Waals surface area (Å²) in [6.45, 7) is 12.9. The molecule has 0 spiro atoms. The summed E-state index contributed by atoms with van der Waals surface area (Å²) >= 11 is 0. The Morgan fingerprint density at radius 2 is 1.66 bits per heavy atom. The van der Waals surface area contributed by atoms with Gasteiger partial charge in [0.05, 0.1) is 18.6 Å². The molecule has 0 unspecified atom stereocenters. The monoisotopic (exact) mass is 488 g/mol. The molecule has 3 aliphatic carbocycles. The van der Waals surface area contributed by atoms with Gasteiger partial charge in [0.15, 0.2) is 23.1 Å². The molecule has 7 atom stereocenters. The van der Waals surface area contributed by atoms with Crippen LogP contribution in [0.15, 0.2) is 23.5 Å². The third-order valence-corrected chi connectivity index (χ3v) is 9.89. The number of rotatable bonds is 1. The van der Waals surface area contributed by atoms with E-state index in [2.05, 4.69) is 6.58 Å². The number of ketones is 3. The third kappa shape index (κ3) is 2.31. The van der Waals surface area contributed by atoms with Gasteiger partial charge in [-0.2, -0.15) is 0 Å². The Hall–Kier alpha value is -2.81. The minimum atomic E-state index is -2.42. The van der Waals surface area contributed by atoms with Gasteiger partial charge in [0.2, 0.25) is 5.78 Å². The Labute approximate surface area is 203 Å². The lowest BCUT2D eigenvalue weighted by Gasteiger charge is -2.68. The predicted molar refractivity (Wildman–Crippen MR) is 121 cm³/mol. The number of methoxy groups -OCH3 is 1. The highest BCUT2D eigenvalue weighted by molar-refractivity contribution is 6.20. The fourth-order valence-electron chi connectivity index (χ4n) is 7.89. The molecule has 0 amide bonds. The van der Waals surface area contributed by atoms with Gasteiger partial charge in [0.25, 0.3) is 0 Å². The summed E-state index contributed by atoms with van der Waals surface area (Å²) in [5.74, 6) is -5.91. The second-order valence-corrected chi connectivity index (χ2v) is 11.4. The quantitative estimate of drug-likeness (QED) is 0.322. The summed E-state index contributed by atoms with van der Waals surface area (Å²) in [7, 11) is 1.05. The normalized spacial score (nSPS) is 44.8. The number of esters is 2. The molecule has 0 aromatic rings. The first-order chi connectivity index (χ1) is 15.9. The molecule has 3 fully saturated rings. The zero-order valence-electron chi connectivity index (χ0n) is 21.1. The van der Waals surface area contributed by atoms with Crippen molar-refractivity contribution in [2.75, 3.05) is 7.11 Å². The zero-order chi connectivity index (χ0) is 26.7. The SMILES string of the molecule is C=C1C[C@H]2[C@]3(C)C(=C(O)C(=O)[C@@]2(C)[C@]2(C(=O)OC)C(=O)[C@@H](C)OC(=O)[C@@]12C)C(C)(C)C(=O)C[C@H]3O. The highest BCUT2D eigenvalue weighted by Gasteiger charge is 2.85. The molecule has 2 saturated carbocycles. The maximum Gasteiger partial charge on any atom is 0.322 e. The molecule has 35 heavy (non-hydrogen) atoms. The van der Waals surface area contributed by atoms with Crippen molar-refractivity contribution in [3.8, 4) is 0 Å². The van der Waals surface area contributed by atoms with Crippen molar-refractivity contribution >= 4 is 29.3 Å². The lowest BCUT2D eigenvalue weighted by atomic mass is 9.32. The van der Waals surface area contributed by atoms with Gasteiger partial charge in [0, 0.05) is 17.3 Å². The number of ether oxygens (including phenoxy) is 2. The molecular weight excluding hydrogens is 456 g/mol.